The summed E-state index contributed by atoms with van der Waals surface area (Å²) in [6, 6.07) is 11.7. The zero-order valence-corrected chi connectivity index (χ0v) is 26.1. The highest BCUT2D eigenvalue weighted by Gasteiger charge is 2.22. The molecule has 0 amide bonds. The standard InChI is InChI=1S/C32H34ClN7O3S/c1-42-27-7-6-25-29(37-27)30(28-22(12-23(33)15-26(28)36-25)18-44-32-38-34-19-43-32)35-24-13-20(16-39-8-2-3-9-39)31(41)21(14-24)17-40-10-4-5-11-40/h6-7,12-15,19,41H,2-5,8-11,16-18H2,1H3,(H,35,36). The summed E-state index contributed by atoms with van der Waals surface area (Å²) >= 11 is 8.05. The lowest BCUT2D eigenvalue weighted by Gasteiger charge is -2.22. The first kappa shape index (κ1) is 29.1. The van der Waals surface area contributed by atoms with Crippen molar-refractivity contribution in [2.24, 2.45) is 0 Å². The molecule has 228 valence electrons. The molecule has 0 radical (unpaired) electrons. The monoisotopic (exact) mass is 631 g/mol. The summed E-state index contributed by atoms with van der Waals surface area (Å²) in [4.78, 5) is 14.6. The number of benzene rings is 2. The van der Waals surface area contributed by atoms with Gasteiger partial charge in [0, 0.05) is 52.1 Å². The molecule has 3 aromatic heterocycles. The molecule has 2 saturated heterocycles. The molecule has 12 heteroatoms. The maximum Gasteiger partial charge on any atom is 0.276 e. The van der Waals surface area contributed by atoms with Gasteiger partial charge in [0.2, 0.25) is 12.3 Å². The highest BCUT2D eigenvalue weighted by molar-refractivity contribution is 7.98. The number of aromatic nitrogens is 4. The van der Waals surface area contributed by atoms with Crippen molar-refractivity contribution < 1.29 is 14.3 Å². The Kier molecular flexibility index (Phi) is 8.44. The predicted molar refractivity (Wildman–Crippen MR) is 173 cm³/mol. The number of aromatic hydroxyl groups is 1. The van der Waals surface area contributed by atoms with Crippen LogP contribution in [0.3, 0.4) is 0 Å². The fourth-order valence-corrected chi connectivity index (χ4v) is 7.23. The smallest absolute Gasteiger partial charge is 0.276 e. The van der Waals surface area contributed by atoms with E-state index >= 15 is 0 Å². The lowest BCUT2D eigenvalue weighted by molar-refractivity contribution is 0.312. The molecule has 2 N–H and O–H groups in total. The minimum atomic E-state index is 0.391. The second kappa shape index (κ2) is 12.8. The number of fused-ring (bicyclic) bond motifs is 2. The van der Waals surface area contributed by atoms with Crippen molar-refractivity contribution in [3.05, 3.63) is 64.5 Å². The molecule has 10 nitrogen and oxygen atoms in total. The van der Waals surface area contributed by atoms with E-state index in [1.807, 2.05) is 24.3 Å². The number of anilines is 2. The van der Waals surface area contributed by atoms with E-state index in [-0.39, 0.29) is 0 Å². The molecular formula is C32H34ClN7O3S. The lowest BCUT2D eigenvalue weighted by atomic mass is 10.0. The normalized spacial score (nSPS) is 16.0. The van der Waals surface area contributed by atoms with Crippen LogP contribution in [0.25, 0.3) is 21.9 Å². The number of ether oxygens (including phenoxy) is 1. The molecular weight excluding hydrogens is 598 g/mol. The SMILES string of the molecule is COc1ccc2nc3cc(Cl)cc(CSc4nnco4)c3c(Nc3cc(CN4CCCC4)c(O)c(CN4CCCC4)c3)c2n1. The number of methoxy groups -OCH3 is 1. The highest BCUT2D eigenvalue weighted by Crippen LogP contribution is 2.40. The number of rotatable bonds is 10. The molecule has 0 saturated carbocycles. The number of likely N-dealkylation sites (tertiary alicyclic amines) is 2. The molecule has 5 aromatic rings. The number of thioether (sulfide) groups is 1. The van der Waals surface area contributed by atoms with Gasteiger partial charge in [0.25, 0.3) is 5.22 Å². The van der Waals surface area contributed by atoms with Crippen molar-refractivity contribution in [1.29, 1.82) is 0 Å². The number of nitrogens with zero attached hydrogens (tertiary/aromatic N) is 6. The molecule has 7 rings (SSSR count). The number of hydrogen-bond acceptors (Lipinski definition) is 11. The Morgan fingerprint density at radius 2 is 1.64 bits per heavy atom. The number of hydrogen-bond donors (Lipinski definition) is 2. The summed E-state index contributed by atoms with van der Waals surface area (Å²) in [5.41, 5.74) is 6.62. The fraction of sp³-hybridized carbons (Fsp3) is 0.375. The van der Waals surface area contributed by atoms with Crippen molar-refractivity contribution >= 4 is 56.7 Å². The quantitative estimate of drug-likeness (QED) is 0.0968. The van der Waals surface area contributed by atoms with Gasteiger partial charge in [0.05, 0.1) is 23.8 Å². The Hall–Kier alpha value is -3.64. The Morgan fingerprint density at radius 1 is 0.932 bits per heavy atom. The molecule has 0 spiro atoms. The molecule has 0 unspecified atom stereocenters. The zero-order valence-electron chi connectivity index (χ0n) is 24.6. The second-order valence-electron chi connectivity index (χ2n) is 11.4. The van der Waals surface area contributed by atoms with Crippen LogP contribution in [0.15, 0.2) is 52.4 Å². The summed E-state index contributed by atoms with van der Waals surface area (Å²) in [7, 11) is 1.61. The van der Waals surface area contributed by atoms with Crippen LogP contribution in [0.5, 0.6) is 11.6 Å². The van der Waals surface area contributed by atoms with E-state index in [9.17, 15) is 5.11 Å². The van der Waals surface area contributed by atoms with Crippen LogP contribution in [0.1, 0.15) is 42.4 Å². The van der Waals surface area contributed by atoms with Crippen LogP contribution in [0, 0.1) is 0 Å². The van der Waals surface area contributed by atoms with Gasteiger partial charge in [-0.3, -0.25) is 9.80 Å². The molecule has 2 aromatic carbocycles. The van der Waals surface area contributed by atoms with Gasteiger partial charge < -0.3 is 19.6 Å². The number of nitrogens with one attached hydrogen (secondary N) is 1. The molecule has 0 aliphatic carbocycles. The molecule has 2 fully saturated rings. The molecule has 5 heterocycles. The van der Waals surface area contributed by atoms with Crippen LogP contribution in [0.4, 0.5) is 11.4 Å². The largest absolute Gasteiger partial charge is 0.507 e. The van der Waals surface area contributed by atoms with Gasteiger partial charge >= 0.3 is 0 Å². The Labute approximate surface area is 264 Å². The van der Waals surface area contributed by atoms with Crippen molar-refractivity contribution in [3.8, 4) is 11.6 Å². The third-order valence-corrected chi connectivity index (χ3v) is 9.46. The summed E-state index contributed by atoms with van der Waals surface area (Å²) in [6.07, 6.45) is 6.08. The third kappa shape index (κ3) is 6.14. The van der Waals surface area contributed by atoms with Gasteiger partial charge in [-0.05, 0) is 87.8 Å². The van der Waals surface area contributed by atoms with E-state index in [4.69, 9.17) is 30.7 Å². The average Bonchev–Trinajstić information content (AvgIpc) is 3.83. The van der Waals surface area contributed by atoms with Gasteiger partial charge in [0.1, 0.15) is 11.3 Å². The lowest BCUT2D eigenvalue weighted by Crippen LogP contribution is -2.20. The Balaban J connectivity index is 1.37. The number of phenolic OH excluding ortho intramolecular Hbond substituents is 1. The van der Waals surface area contributed by atoms with E-state index < -0.39 is 0 Å². The molecule has 44 heavy (non-hydrogen) atoms. The Bertz CT molecular complexity index is 1750. The minimum absolute atomic E-state index is 0.391. The van der Waals surface area contributed by atoms with Crippen molar-refractivity contribution in [2.75, 3.05) is 38.6 Å². The van der Waals surface area contributed by atoms with Crippen molar-refractivity contribution in [1.82, 2.24) is 30.0 Å². The molecule has 2 aliphatic rings. The van der Waals surface area contributed by atoms with E-state index in [1.165, 1.54) is 43.8 Å². The molecule has 0 atom stereocenters. The topological polar surface area (TPSA) is 113 Å². The fourth-order valence-electron chi connectivity index (χ4n) is 6.28. The van der Waals surface area contributed by atoms with Crippen LogP contribution in [0.2, 0.25) is 5.02 Å². The molecule has 0 bridgehead atoms. The average molecular weight is 632 g/mol. The summed E-state index contributed by atoms with van der Waals surface area (Å²) < 4.78 is 10.9. The first-order valence-electron chi connectivity index (χ1n) is 15.0. The summed E-state index contributed by atoms with van der Waals surface area (Å²) in [6.45, 7) is 5.60. The van der Waals surface area contributed by atoms with Crippen LogP contribution in [-0.2, 0) is 18.8 Å². The number of halogens is 1. The second-order valence-corrected chi connectivity index (χ2v) is 12.8. The third-order valence-electron chi connectivity index (χ3n) is 8.36. The first-order chi connectivity index (χ1) is 21.5. The number of phenols is 1. The zero-order chi connectivity index (χ0) is 30.0. The maximum absolute atomic E-state index is 11.5. The van der Waals surface area contributed by atoms with Crippen LogP contribution < -0.4 is 10.1 Å². The highest BCUT2D eigenvalue weighted by atomic mass is 35.5. The van der Waals surface area contributed by atoms with Gasteiger partial charge in [-0.25, -0.2) is 9.97 Å². The molecule has 2 aliphatic heterocycles. The summed E-state index contributed by atoms with van der Waals surface area (Å²) in [5.74, 6) is 1.41. The van der Waals surface area contributed by atoms with Gasteiger partial charge in [-0.1, -0.05) is 23.4 Å². The minimum Gasteiger partial charge on any atom is -0.507 e. The van der Waals surface area contributed by atoms with E-state index in [2.05, 4.69) is 37.4 Å². The van der Waals surface area contributed by atoms with Gasteiger partial charge in [0.15, 0.2) is 0 Å². The van der Waals surface area contributed by atoms with E-state index in [1.54, 1.807) is 7.11 Å². The van der Waals surface area contributed by atoms with E-state index in [0.717, 1.165) is 65.1 Å². The van der Waals surface area contributed by atoms with E-state index in [0.29, 0.717) is 51.8 Å². The first-order valence-corrected chi connectivity index (χ1v) is 16.3. The number of pyridine rings is 2. The van der Waals surface area contributed by atoms with Crippen LogP contribution >= 0.6 is 23.4 Å². The van der Waals surface area contributed by atoms with Crippen molar-refractivity contribution in [3.63, 3.8) is 0 Å². The van der Waals surface area contributed by atoms with Gasteiger partial charge in [-0.15, -0.1) is 10.2 Å². The summed E-state index contributed by atoms with van der Waals surface area (Å²) in [5, 5.41) is 25.0. The predicted octanol–water partition coefficient (Wildman–Crippen LogP) is 6.76. The van der Waals surface area contributed by atoms with Crippen LogP contribution in [-0.4, -0.2) is 68.4 Å². The maximum atomic E-state index is 11.5. The Morgan fingerprint density at radius 3 is 2.27 bits per heavy atom. The van der Waals surface area contributed by atoms with Crippen molar-refractivity contribution in [2.45, 2.75) is 49.7 Å². The van der Waals surface area contributed by atoms with Gasteiger partial charge in [-0.2, -0.15) is 0 Å².